The van der Waals surface area contributed by atoms with E-state index in [9.17, 15) is 14.7 Å². The van der Waals surface area contributed by atoms with E-state index in [0.29, 0.717) is 13.0 Å². The molecule has 2 amide bonds. The van der Waals surface area contributed by atoms with Gasteiger partial charge in [0.25, 0.3) is 0 Å². The summed E-state index contributed by atoms with van der Waals surface area (Å²) in [4.78, 5) is 22.0. The van der Waals surface area contributed by atoms with Gasteiger partial charge in [-0.15, -0.1) is 0 Å². The number of nitrogens with one attached hydrogen (secondary N) is 2. The number of rotatable bonds is 5. The van der Waals surface area contributed by atoms with E-state index in [4.69, 9.17) is 10.5 Å². The van der Waals surface area contributed by atoms with E-state index < -0.39 is 11.5 Å². The van der Waals surface area contributed by atoms with Gasteiger partial charge in [0.2, 0.25) is 11.8 Å². The van der Waals surface area contributed by atoms with Gasteiger partial charge in [0.1, 0.15) is 5.60 Å². The summed E-state index contributed by atoms with van der Waals surface area (Å²) in [5, 5.41) is 14.7. The number of ether oxygens (including phenoxy) is 1. The van der Waals surface area contributed by atoms with Crippen LogP contribution in [-0.2, 0) is 14.3 Å². The Kier molecular flexibility index (Phi) is 4.66. The zero-order valence-electron chi connectivity index (χ0n) is 8.99. The molecule has 0 aliphatic carbocycles. The minimum absolute atomic E-state index is 0.129. The topological polar surface area (TPSA) is 114 Å². The summed E-state index contributed by atoms with van der Waals surface area (Å²) in [6.07, 6.45) is 0.502. The van der Waals surface area contributed by atoms with Crippen molar-refractivity contribution in [1.82, 2.24) is 10.6 Å². The fourth-order valence-electron chi connectivity index (χ4n) is 1.31. The normalized spacial score (nSPS) is 24.1. The molecule has 92 valence electrons. The van der Waals surface area contributed by atoms with Crippen LogP contribution in [0.3, 0.4) is 0 Å². The first kappa shape index (κ1) is 12.9. The zero-order valence-corrected chi connectivity index (χ0v) is 8.99. The van der Waals surface area contributed by atoms with Gasteiger partial charge < -0.3 is 26.2 Å². The van der Waals surface area contributed by atoms with Gasteiger partial charge in [-0.05, 0) is 0 Å². The second-order valence-electron chi connectivity index (χ2n) is 3.78. The van der Waals surface area contributed by atoms with Crippen LogP contribution >= 0.6 is 0 Å². The molecule has 1 heterocycles. The summed E-state index contributed by atoms with van der Waals surface area (Å²) in [7, 11) is 0. The minimum atomic E-state index is -0.979. The molecule has 0 spiro atoms. The largest absolute Gasteiger partial charge is 0.386 e. The third kappa shape index (κ3) is 4.13. The highest BCUT2D eigenvalue weighted by molar-refractivity contribution is 5.85. The van der Waals surface area contributed by atoms with E-state index in [1.165, 1.54) is 0 Å². The Morgan fingerprint density at radius 2 is 2.12 bits per heavy atom. The van der Waals surface area contributed by atoms with Gasteiger partial charge in [-0.3, -0.25) is 9.59 Å². The predicted octanol–water partition coefficient (Wildman–Crippen LogP) is -2.67. The summed E-state index contributed by atoms with van der Waals surface area (Å²) < 4.78 is 5.02. The Labute approximate surface area is 93.3 Å². The van der Waals surface area contributed by atoms with Crippen molar-refractivity contribution in [3.63, 3.8) is 0 Å². The highest BCUT2D eigenvalue weighted by atomic mass is 16.5. The highest BCUT2D eigenvalue weighted by Crippen LogP contribution is 2.16. The van der Waals surface area contributed by atoms with E-state index >= 15 is 0 Å². The van der Waals surface area contributed by atoms with Gasteiger partial charge in [0.05, 0.1) is 19.7 Å². The van der Waals surface area contributed by atoms with Gasteiger partial charge in [0, 0.05) is 19.6 Å². The van der Waals surface area contributed by atoms with E-state index in [-0.39, 0.29) is 32.1 Å². The first-order valence-electron chi connectivity index (χ1n) is 5.09. The SMILES string of the molecule is NCC(=O)NCC(=O)NCC1(O)CCOC1. The van der Waals surface area contributed by atoms with Crippen LogP contribution in [0.25, 0.3) is 0 Å². The van der Waals surface area contributed by atoms with Gasteiger partial charge in [0.15, 0.2) is 0 Å². The first-order valence-corrected chi connectivity index (χ1v) is 5.09. The molecule has 7 heteroatoms. The average Bonchev–Trinajstić information content (AvgIpc) is 2.71. The Balaban J connectivity index is 2.17. The molecule has 0 bridgehead atoms. The molecule has 5 N–H and O–H groups in total. The smallest absolute Gasteiger partial charge is 0.239 e. The second kappa shape index (κ2) is 5.78. The maximum absolute atomic E-state index is 11.2. The number of hydrogen-bond acceptors (Lipinski definition) is 5. The molecular formula is C9H17N3O4. The zero-order chi connectivity index (χ0) is 12.0. The number of amides is 2. The van der Waals surface area contributed by atoms with Gasteiger partial charge in [-0.2, -0.15) is 0 Å². The fourth-order valence-corrected chi connectivity index (χ4v) is 1.31. The number of aliphatic hydroxyl groups is 1. The van der Waals surface area contributed by atoms with Crippen LogP contribution in [0.4, 0.5) is 0 Å². The van der Waals surface area contributed by atoms with Crippen molar-refractivity contribution in [2.45, 2.75) is 12.0 Å². The van der Waals surface area contributed by atoms with Crippen LogP contribution in [0, 0.1) is 0 Å². The highest BCUT2D eigenvalue weighted by Gasteiger charge is 2.32. The maximum Gasteiger partial charge on any atom is 0.239 e. The molecule has 0 aromatic carbocycles. The summed E-state index contributed by atoms with van der Waals surface area (Å²) in [5.41, 5.74) is 4.07. The standard InChI is InChI=1S/C9H17N3O4/c10-3-7(13)11-4-8(14)12-5-9(15)1-2-16-6-9/h15H,1-6,10H2,(H,11,13)(H,12,14). The predicted molar refractivity (Wildman–Crippen MR) is 55.5 cm³/mol. The molecule has 1 rings (SSSR count). The molecule has 0 radical (unpaired) electrons. The Hall–Kier alpha value is -1.18. The monoisotopic (exact) mass is 231 g/mol. The molecule has 1 saturated heterocycles. The lowest BCUT2D eigenvalue weighted by Crippen LogP contribution is -2.46. The maximum atomic E-state index is 11.2. The van der Waals surface area contributed by atoms with Crippen molar-refractivity contribution in [3.8, 4) is 0 Å². The van der Waals surface area contributed by atoms with Gasteiger partial charge in [-0.1, -0.05) is 0 Å². The van der Waals surface area contributed by atoms with Crippen molar-refractivity contribution in [1.29, 1.82) is 0 Å². The Morgan fingerprint density at radius 3 is 2.69 bits per heavy atom. The van der Waals surface area contributed by atoms with Crippen LogP contribution in [0.1, 0.15) is 6.42 Å². The van der Waals surface area contributed by atoms with Gasteiger partial charge >= 0.3 is 0 Å². The summed E-state index contributed by atoms with van der Waals surface area (Å²) in [6, 6.07) is 0. The van der Waals surface area contributed by atoms with Crippen LogP contribution in [0.5, 0.6) is 0 Å². The van der Waals surface area contributed by atoms with Crippen LogP contribution < -0.4 is 16.4 Å². The van der Waals surface area contributed by atoms with E-state index in [1.807, 2.05) is 0 Å². The molecule has 16 heavy (non-hydrogen) atoms. The van der Waals surface area contributed by atoms with Crippen LogP contribution in [0.2, 0.25) is 0 Å². The summed E-state index contributed by atoms with van der Waals surface area (Å²) in [5.74, 6) is -0.750. The van der Waals surface area contributed by atoms with E-state index in [2.05, 4.69) is 10.6 Å². The second-order valence-corrected chi connectivity index (χ2v) is 3.78. The van der Waals surface area contributed by atoms with Crippen LogP contribution in [-0.4, -0.2) is 55.4 Å². The van der Waals surface area contributed by atoms with E-state index in [1.54, 1.807) is 0 Å². The minimum Gasteiger partial charge on any atom is -0.386 e. The molecule has 1 atom stereocenters. The van der Waals surface area contributed by atoms with E-state index in [0.717, 1.165) is 0 Å². The third-order valence-electron chi connectivity index (χ3n) is 2.33. The molecular weight excluding hydrogens is 214 g/mol. The molecule has 1 unspecified atom stereocenters. The Bertz CT molecular complexity index is 263. The van der Waals surface area contributed by atoms with Crippen molar-refractivity contribution in [2.75, 3.05) is 32.8 Å². The van der Waals surface area contributed by atoms with Crippen molar-refractivity contribution in [2.24, 2.45) is 5.73 Å². The number of carbonyl (C=O) groups is 2. The summed E-state index contributed by atoms with van der Waals surface area (Å²) in [6.45, 7) is 0.571. The number of carbonyl (C=O) groups excluding carboxylic acids is 2. The fraction of sp³-hybridized carbons (Fsp3) is 0.778. The number of nitrogens with two attached hydrogens (primary N) is 1. The van der Waals surface area contributed by atoms with Crippen molar-refractivity contribution >= 4 is 11.8 Å². The molecule has 7 nitrogen and oxygen atoms in total. The molecule has 0 saturated carbocycles. The van der Waals surface area contributed by atoms with Crippen molar-refractivity contribution in [3.05, 3.63) is 0 Å². The van der Waals surface area contributed by atoms with Crippen LogP contribution in [0.15, 0.2) is 0 Å². The van der Waals surface area contributed by atoms with Gasteiger partial charge in [-0.25, -0.2) is 0 Å². The lowest BCUT2D eigenvalue weighted by atomic mass is 10.0. The molecule has 1 aliphatic rings. The molecule has 0 aromatic rings. The lowest BCUT2D eigenvalue weighted by Gasteiger charge is -2.20. The quantitative estimate of drug-likeness (QED) is 0.412. The molecule has 1 fully saturated rings. The summed E-state index contributed by atoms with van der Waals surface area (Å²) >= 11 is 0. The lowest BCUT2D eigenvalue weighted by molar-refractivity contribution is -0.126. The first-order chi connectivity index (χ1) is 7.56. The molecule has 1 aliphatic heterocycles. The number of hydrogen-bond donors (Lipinski definition) is 4. The Morgan fingerprint density at radius 1 is 1.38 bits per heavy atom. The van der Waals surface area contributed by atoms with Crippen molar-refractivity contribution < 1.29 is 19.4 Å². The molecule has 0 aromatic heterocycles. The average molecular weight is 231 g/mol. The third-order valence-corrected chi connectivity index (χ3v) is 2.33.